The molecule has 2 N–H and O–H groups in total. The van der Waals surface area contributed by atoms with Gasteiger partial charge in [0.1, 0.15) is 11.6 Å². The second kappa shape index (κ2) is 4.57. The summed E-state index contributed by atoms with van der Waals surface area (Å²) in [7, 11) is 0. The van der Waals surface area contributed by atoms with Gasteiger partial charge in [0.2, 0.25) is 0 Å². The van der Waals surface area contributed by atoms with Crippen LogP contribution < -0.4 is 5.73 Å². The van der Waals surface area contributed by atoms with Crippen LogP contribution in [0, 0.1) is 6.92 Å². The molecule has 1 heterocycles. The minimum atomic E-state index is 0.531. The molecule has 1 aliphatic carbocycles. The first-order valence-electron chi connectivity index (χ1n) is 5.57. The predicted octanol–water partition coefficient (Wildman–Crippen LogP) is 1.37. The number of hydrogen-bond acceptors (Lipinski definition) is 3. The molecule has 0 atom stereocenters. The zero-order chi connectivity index (χ0) is 10.7. The summed E-state index contributed by atoms with van der Waals surface area (Å²) in [5, 5.41) is 8.44. The number of allylic oxidation sites excluding steroid dienone is 2. The Morgan fingerprint density at radius 2 is 2.13 bits per heavy atom. The second-order valence-electron chi connectivity index (χ2n) is 4.04. The van der Waals surface area contributed by atoms with Gasteiger partial charge in [-0.2, -0.15) is 0 Å². The summed E-state index contributed by atoms with van der Waals surface area (Å²) in [5.41, 5.74) is 5.53. The Balaban J connectivity index is 2.15. The highest BCUT2D eigenvalue weighted by atomic mass is 15.3. The van der Waals surface area contributed by atoms with Gasteiger partial charge in [0.25, 0.3) is 0 Å². The molecule has 4 heteroatoms. The van der Waals surface area contributed by atoms with Crippen molar-refractivity contribution in [3.63, 3.8) is 0 Å². The highest BCUT2D eigenvalue weighted by Crippen LogP contribution is 2.28. The minimum Gasteiger partial charge on any atom is -0.330 e. The fraction of sp³-hybridized carbons (Fsp3) is 0.636. The number of nitrogens with zero attached hydrogens (tertiary/aromatic N) is 3. The van der Waals surface area contributed by atoms with E-state index in [1.54, 1.807) is 0 Å². The molecule has 15 heavy (non-hydrogen) atoms. The number of rotatable bonds is 4. The summed E-state index contributed by atoms with van der Waals surface area (Å²) >= 11 is 0. The molecule has 0 saturated carbocycles. The van der Waals surface area contributed by atoms with Crippen LogP contribution in [-0.2, 0) is 6.54 Å². The van der Waals surface area contributed by atoms with Gasteiger partial charge in [0, 0.05) is 12.5 Å². The van der Waals surface area contributed by atoms with Crippen LogP contribution in [0.2, 0.25) is 0 Å². The van der Waals surface area contributed by atoms with Crippen molar-refractivity contribution in [2.45, 2.75) is 38.6 Å². The van der Waals surface area contributed by atoms with E-state index in [4.69, 9.17) is 5.73 Å². The van der Waals surface area contributed by atoms with Crippen LogP contribution in [0.15, 0.2) is 12.2 Å². The Bertz CT molecular complexity index is 345. The van der Waals surface area contributed by atoms with Gasteiger partial charge in [-0.1, -0.05) is 12.2 Å². The molecule has 2 rings (SSSR count). The lowest BCUT2D eigenvalue weighted by molar-refractivity contribution is 0.564. The monoisotopic (exact) mass is 206 g/mol. The van der Waals surface area contributed by atoms with Crippen LogP contribution >= 0.6 is 0 Å². The van der Waals surface area contributed by atoms with Crippen LogP contribution in [0.4, 0.5) is 0 Å². The summed E-state index contributed by atoms with van der Waals surface area (Å²) in [5.74, 6) is 2.67. The average Bonchev–Trinajstić information content (AvgIpc) is 2.84. The third-order valence-electron chi connectivity index (χ3n) is 2.92. The molecule has 0 fully saturated rings. The maximum absolute atomic E-state index is 5.53. The van der Waals surface area contributed by atoms with E-state index in [0.717, 1.165) is 44.0 Å². The molecule has 82 valence electrons. The van der Waals surface area contributed by atoms with Crippen molar-refractivity contribution < 1.29 is 0 Å². The Morgan fingerprint density at radius 1 is 1.40 bits per heavy atom. The molecule has 0 aromatic carbocycles. The van der Waals surface area contributed by atoms with E-state index in [-0.39, 0.29) is 0 Å². The van der Waals surface area contributed by atoms with E-state index in [2.05, 4.69) is 26.9 Å². The van der Waals surface area contributed by atoms with Crippen molar-refractivity contribution in [1.82, 2.24) is 14.8 Å². The smallest absolute Gasteiger partial charge is 0.136 e. The molecule has 1 aromatic heterocycles. The predicted molar refractivity (Wildman–Crippen MR) is 59.5 cm³/mol. The van der Waals surface area contributed by atoms with Gasteiger partial charge < -0.3 is 10.3 Å². The fourth-order valence-corrected chi connectivity index (χ4v) is 2.05. The van der Waals surface area contributed by atoms with E-state index >= 15 is 0 Å². The molecular weight excluding hydrogens is 188 g/mol. The number of hydrogen-bond donors (Lipinski definition) is 1. The topological polar surface area (TPSA) is 56.7 Å². The zero-order valence-electron chi connectivity index (χ0n) is 9.19. The number of aromatic nitrogens is 3. The molecule has 4 nitrogen and oxygen atoms in total. The average molecular weight is 206 g/mol. The van der Waals surface area contributed by atoms with Gasteiger partial charge >= 0.3 is 0 Å². The van der Waals surface area contributed by atoms with Gasteiger partial charge in [-0.25, -0.2) is 0 Å². The summed E-state index contributed by atoms with van der Waals surface area (Å²) in [6.45, 7) is 3.68. The standard InChI is InChI=1S/C11H18N4/c1-9-13-14-11(10-5-2-3-6-10)15(9)8-4-7-12/h2-3,10H,4-8,12H2,1H3. The van der Waals surface area contributed by atoms with Crippen LogP contribution in [0.25, 0.3) is 0 Å². The van der Waals surface area contributed by atoms with Crippen LogP contribution in [-0.4, -0.2) is 21.3 Å². The summed E-state index contributed by atoms with van der Waals surface area (Å²) in [6.07, 6.45) is 7.64. The van der Waals surface area contributed by atoms with Crippen molar-refractivity contribution in [2.24, 2.45) is 5.73 Å². The van der Waals surface area contributed by atoms with Crippen molar-refractivity contribution in [3.05, 3.63) is 23.8 Å². The minimum absolute atomic E-state index is 0.531. The third-order valence-corrected chi connectivity index (χ3v) is 2.92. The molecule has 0 unspecified atom stereocenters. The lowest BCUT2D eigenvalue weighted by atomic mass is 10.1. The van der Waals surface area contributed by atoms with Gasteiger partial charge in [-0.3, -0.25) is 0 Å². The number of aryl methyl sites for hydroxylation is 1. The molecule has 0 saturated heterocycles. The Hall–Kier alpha value is -1.16. The summed E-state index contributed by atoms with van der Waals surface area (Å²) in [4.78, 5) is 0. The lowest BCUT2D eigenvalue weighted by Crippen LogP contribution is -2.12. The zero-order valence-corrected chi connectivity index (χ0v) is 9.19. The fourth-order valence-electron chi connectivity index (χ4n) is 2.05. The van der Waals surface area contributed by atoms with Gasteiger partial charge in [-0.05, 0) is 32.7 Å². The largest absolute Gasteiger partial charge is 0.330 e. The molecule has 0 amide bonds. The second-order valence-corrected chi connectivity index (χ2v) is 4.04. The molecule has 1 aliphatic rings. The van der Waals surface area contributed by atoms with Crippen LogP contribution in [0.3, 0.4) is 0 Å². The van der Waals surface area contributed by atoms with E-state index in [0.29, 0.717) is 5.92 Å². The highest BCUT2D eigenvalue weighted by Gasteiger charge is 2.20. The van der Waals surface area contributed by atoms with Crippen molar-refractivity contribution >= 4 is 0 Å². The Morgan fingerprint density at radius 3 is 2.80 bits per heavy atom. The highest BCUT2D eigenvalue weighted by molar-refractivity contribution is 5.10. The van der Waals surface area contributed by atoms with Crippen molar-refractivity contribution in [1.29, 1.82) is 0 Å². The van der Waals surface area contributed by atoms with E-state index in [1.807, 2.05) is 6.92 Å². The first kappa shape index (κ1) is 10.4. The van der Waals surface area contributed by atoms with Crippen molar-refractivity contribution in [3.8, 4) is 0 Å². The Labute approximate surface area is 90.2 Å². The SMILES string of the molecule is Cc1nnc(C2CC=CC2)n1CCCN. The van der Waals surface area contributed by atoms with Gasteiger partial charge in [0.15, 0.2) is 0 Å². The maximum atomic E-state index is 5.53. The summed E-state index contributed by atoms with van der Waals surface area (Å²) < 4.78 is 2.21. The van der Waals surface area contributed by atoms with Gasteiger partial charge in [0.05, 0.1) is 0 Å². The van der Waals surface area contributed by atoms with Crippen molar-refractivity contribution in [2.75, 3.05) is 6.54 Å². The van der Waals surface area contributed by atoms with E-state index in [1.165, 1.54) is 0 Å². The molecule has 0 radical (unpaired) electrons. The first-order chi connectivity index (χ1) is 7.33. The maximum Gasteiger partial charge on any atom is 0.136 e. The Kier molecular flexibility index (Phi) is 3.16. The molecule has 0 aliphatic heterocycles. The van der Waals surface area contributed by atoms with E-state index in [9.17, 15) is 0 Å². The molecule has 0 spiro atoms. The third kappa shape index (κ3) is 2.09. The molecule has 1 aromatic rings. The van der Waals surface area contributed by atoms with E-state index < -0.39 is 0 Å². The molecular formula is C11H18N4. The van der Waals surface area contributed by atoms with Gasteiger partial charge in [-0.15, -0.1) is 10.2 Å². The lowest BCUT2D eigenvalue weighted by Gasteiger charge is -2.12. The number of nitrogens with two attached hydrogens (primary N) is 1. The quantitative estimate of drug-likeness (QED) is 0.757. The molecule has 0 bridgehead atoms. The summed E-state index contributed by atoms with van der Waals surface area (Å²) in [6, 6.07) is 0. The first-order valence-corrected chi connectivity index (χ1v) is 5.57. The van der Waals surface area contributed by atoms with Crippen LogP contribution in [0.5, 0.6) is 0 Å². The normalized spacial score (nSPS) is 16.4. The van der Waals surface area contributed by atoms with Crippen LogP contribution in [0.1, 0.15) is 36.8 Å².